The highest BCUT2D eigenvalue weighted by Gasteiger charge is 2.08. The molecule has 0 bridgehead atoms. The van der Waals surface area contributed by atoms with Gasteiger partial charge in [0.2, 0.25) is 11.9 Å². The topological polar surface area (TPSA) is 72.8 Å². The normalized spacial score (nSPS) is 10.7. The third-order valence-corrected chi connectivity index (χ3v) is 3.30. The molecule has 0 saturated carbocycles. The first kappa shape index (κ1) is 14.2. The maximum absolute atomic E-state index is 5.24. The molecule has 1 N–H and O–H groups in total. The van der Waals surface area contributed by atoms with Crippen LogP contribution in [0.3, 0.4) is 0 Å². The van der Waals surface area contributed by atoms with Crippen molar-refractivity contribution in [3.8, 4) is 5.75 Å². The Morgan fingerprint density at radius 3 is 2.23 bits per heavy atom. The van der Waals surface area contributed by atoms with Crippen molar-refractivity contribution >= 4 is 22.8 Å². The summed E-state index contributed by atoms with van der Waals surface area (Å²) in [6.07, 6.45) is 0. The van der Waals surface area contributed by atoms with Gasteiger partial charge < -0.3 is 4.74 Å². The number of ether oxygens (including phenoxy) is 1. The number of methoxy groups -OCH3 is 1. The molecule has 22 heavy (non-hydrogen) atoms. The zero-order valence-electron chi connectivity index (χ0n) is 13.0. The molecule has 3 aromatic rings. The van der Waals surface area contributed by atoms with Crippen LogP contribution in [0.1, 0.15) is 17.1 Å². The smallest absolute Gasteiger partial charge is 0.230 e. The van der Waals surface area contributed by atoms with Gasteiger partial charge in [-0.05, 0) is 45.0 Å². The summed E-state index contributed by atoms with van der Waals surface area (Å²) in [5.41, 5.74) is 3.52. The lowest BCUT2D eigenvalue weighted by molar-refractivity contribution is 0.415. The third kappa shape index (κ3) is 2.81. The van der Waals surface area contributed by atoms with Gasteiger partial charge in [0.05, 0.1) is 18.3 Å². The molecule has 0 aliphatic rings. The van der Waals surface area contributed by atoms with Crippen LogP contribution in [0, 0.1) is 20.8 Å². The summed E-state index contributed by atoms with van der Waals surface area (Å²) in [5, 5.41) is 4.04. The monoisotopic (exact) mass is 295 g/mol. The van der Waals surface area contributed by atoms with Gasteiger partial charge in [-0.25, -0.2) is 19.9 Å². The van der Waals surface area contributed by atoms with E-state index in [4.69, 9.17) is 4.74 Å². The Hall–Kier alpha value is -2.76. The zero-order chi connectivity index (χ0) is 15.7. The summed E-state index contributed by atoms with van der Waals surface area (Å²) in [5.74, 6) is 1.78. The van der Waals surface area contributed by atoms with Crippen molar-refractivity contribution in [1.29, 1.82) is 0 Å². The molecule has 112 valence electrons. The minimum Gasteiger partial charge on any atom is -0.497 e. The fourth-order valence-corrected chi connectivity index (χ4v) is 2.33. The molecule has 0 spiro atoms. The molecule has 1 aromatic carbocycles. The molecule has 2 heterocycles. The van der Waals surface area contributed by atoms with Crippen LogP contribution >= 0.6 is 0 Å². The largest absolute Gasteiger partial charge is 0.497 e. The Labute approximate surface area is 128 Å². The van der Waals surface area contributed by atoms with Crippen molar-refractivity contribution in [2.75, 3.05) is 12.4 Å². The van der Waals surface area contributed by atoms with Gasteiger partial charge in [-0.3, -0.25) is 5.32 Å². The molecule has 0 radical (unpaired) electrons. The van der Waals surface area contributed by atoms with Crippen molar-refractivity contribution in [2.45, 2.75) is 20.8 Å². The SMILES string of the molecule is COc1ccc2nc(Nc3nc(C)cc(C)n3)nc(C)c2c1. The molecule has 0 fully saturated rings. The molecule has 6 nitrogen and oxygen atoms in total. The maximum Gasteiger partial charge on any atom is 0.230 e. The lowest BCUT2D eigenvalue weighted by Crippen LogP contribution is -2.04. The molecule has 0 aliphatic carbocycles. The summed E-state index contributed by atoms with van der Waals surface area (Å²) in [6.45, 7) is 5.80. The van der Waals surface area contributed by atoms with E-state index in [-0.39, 0.29) is 0 Å². The minimum absolute atomic E-state index is 0.486. The van der Waals surface area contributed by atoms with Gasteiger partial charge in [-0.2, -0.15) is 0 Å². The molecule has 0 aliphatic heterocycles. The van der Waals surface area contributed by atoms with Gasteiger partial charge in [0, 0.05) is 16.8 Å². The summed E-state index contributed by atoms with van der Waals surface area (Å²) < 4.78 is 5.24. The van der Waals surface area contributed by atoms with Crippen molar-refractivity contribution < 1.29 is 4.74 Å². The lowest BCUT2D eigenvalue weighted by Gasteiger charge is -2.09. The zero-order valence-corrected chi connectivity index (χ0v) is 13.0. The highest BCUT2D eigenvalue weighted by atomic mass is 16.5. The van der Waals surface area contributed by atoms with E-state index in [2.05, 4.69) is 25.3 Å². The van der Waals surface area contributed by atoms with E-state index in [1.165, 1.54) is 0 Å². The fraction of sp³-hybridized carbons (Fsp3) is 0.250. The van der Waals surface area contributed by atoms with E-state index in [0.29, 0.717) is 11.9 Å². The fourth-order valence-electron chi connectivity index (χ4n) is 2.33. The van der Waals surface area contributed by atoms with Crippen LogP contribution in [0.25, 0.3) is 10.9 Å². The number of benzene rings is 1. The van der Waals surface area contributed by atoms with Gasteiger partial charge in [-0.15, -0.1) is 0 Å². The van der Waals surface area contributed by atoms with E-state index in [1.54, 1.807) is 7.11 Å². The van der Waals surface area contributed by atoms with Crippen molar-refractivity contribution in [2.24, 2.45) is 0 Å². The summed E-state index contributed by atoms with van der Waals surface area (Å²) in [7, 11) is 1.64. The van der Waals surface area contributed by atoms with Crippen LogP contribution in [0.4, 0.5) is 11.9 Å². The predicted octanol–water partition coefficient (Wildman–Crippen LogP) is 3.10. The molecule has 6 heteroatoms. The summed E-state index contributed by atoms with van der Waals surface area (Å²) >= 11 is 0. The molecule has 0 atom stereocenters. The number of anilines is 2. The predicted molar refractivity (Wildman–Crippen MR) is 85.6 cm³/mol. The average molecular weight is 295 g/mol. The van der Waals surface area contributed by atoms with Crippen LogP contribution in [0.15, 0.2) is 24.3 Å². The van der Waals surface area contributed by atoms with Gasteiger partial charge in [0.15, 0.2) is 0 Å². The first-order chi connectivity index (χ1) is 10.5. The number of fused-ring (bicyclic) bond motifs is 1. The molecule has 3 rings (SSSR count). The Kier molecular flexibility index (Phi) is 3.58. The van der Waals surface area contributed by atoms with E-state index < -0.39 is 0 Å². The second kappa shape index (κ2) is 5.55. The number of nitrogens with zero attached hydrogens (tertiary/aromatic N) is 4. The quantitative estimate of drug-likeness (QED) is 0.800. The number of hydrogen-bond donors (Lipinski definition) is 1. The Bertz CT molecular complexity index is 827. The number of aromatic nitrogens is 4. The van der Waals surface area contributed by atoms with Crippen LogP contribution in [-0.4, -0.2) is 27.0 Å². The van der Waals surface area contributed by atoms with Crippen molar-refractivity contribution in [3.63, 3.8) is 0 Å². The Morgan fingerprint density at radius 1 is 0.864 bits per heavy atom. The van der Waals surface area contributed by atoms with E-state index >= 15 is 0 Å². The number of rotatable bonds is 3. The molecular formula is C16H17N5O. The molecule has 2 aromatic heterocycles. The molecule has 0 unspecified atom stereocenters. The second-order valence-corrected chi connectivity index (χ2v) is 5.12. The molecule has 0 saturated heterocycles. The Balaban J connectivity index is 2.01. The molecular weight excluding hydrogens is 278 g/mol. The highest BCUT2D eigenvalue weighted by Crippen LogP contribution is 2.23. The average Bonchev–Trinajstić information content (AvgIpc) is 2.46. The van der Waals surface area contributed by atoms with Gasteiger partial charge in [0.25, 0.3) is 0 Å². The van der Waals surface area contributed by atoms with Crippen molar-refractivity contribution in [1.82, 2.24) is 19.9 Å². The Morgan fingerprint density at radius 2 is 1.55 bits per heavy atom. The van der Waals surface area contributed by atoms with Crippen LogP contribution in [-0.2, 0) is 0 Å². The van der Waals surface area contributed by atoms with Gasteiger partial charge in [0.1, 0.15) is 5.75 Å². The maximum atomic E-state index is 5.24. The summed E-state index contributed by atoms with van der Waals surface area (Å²) in [4.78, 5) is 17.7. The van der Waals surface area contributed by atoms with Crippen LogP contribution in [0.2, 0.25) is 0 Å². The number of nitrogens with one attached hydrogen (secondary N) is 1. The number of hydrogen-bond acceptors (Lipinski definition) is 6. The second-order valence-electron chi connectivity index (χ2n) is 5.12. The standard InChI is InChI=1S/C16H17N5O/c1-9-7-10(2)18-15(17-9)21-16-19-11(3)13-8-12(22-4)5-6-14(13)20-16/h5-8H,1-4H3,(H,17,18,19,20,21). The van der Waals surface area contributed by atoms with Crippen LogP contribution in [0.5, 0.6) is 5.75 Å². The first-order valence-corrected chi connectivity index (χ1v) is 6.97. The minimum atomic E-state index is 0.486. The number of aryl methyl sites for hydroxylation is 3. The van der Waals surface area contributed by atoms with E-state index in [9.17, 15) is 0 Å². The third-order valence-electron chi connectivity index (χ3n) is 3.30. The lowest BCUT2D eigenvalue weighted by atomic mass is 10.2. The van der Waals surface area contributed by atoms with E-state index in [1.807, 2.05) is 45.0 Å². The first-order valence-electron chi connectivity index (χ1n) is 6.97. The van der Waals surface area contributed by atoms with Crippen LogP contribution < -0.4 is 10.1 Å². The highest BCUT2D eigenvalue weighted by molar-refractivity contribution is 5.83. The molecule has 0 amide bonds. The van der Waals surface area contributed by atoms with Gasteiger partial charge in [-0.1, -0.05) is 0 Å². The van der Waals surface area contributed by atoms with Crippen molar-refractivity contribution in [3.05, 3.63) is 41.3 Å². The van der Waals surface area contributed by atoms with E-state index in [0.717, 1.165) is 33.7 Å². The van der Waals surface area contributed by atoms with Gasteiger partial charge >= 0.3 is 0 Å². The summed E-state index contributed by atoms with van der Waals surface area (Å²) in [6, 6.07) is 7.65.